The van der Waals surface area contributed by atoms with E-state index in [4.69, 9.17) is 5.73 Å². The van der Waals surface area contributed by atoms with Crippen LogP contribution in [-0.4, -0.2) is 19.0 Å². The minimum absolute atomic E-state index is 0. The van der Waals surface area contributed by atoms with Crippen LogP contribution in [0.3, 0.4) is 0 Å². The van der Waals surface area contributed by atoms with Crippen LogP contribution < -0.4 is 11.1 Å². The van der Waals surface area contributed by atoms with E-state index in [-0.39, 0.29) is 18.3 Å². The highest BCUT2D eigenvalue weighted by Gasteiger charge is 2.10. The number of benzene rings is 1. The Bertz CT molecular complexity index is 390. The molecule has 3 nitrogen and oxygen atoms in total. The highest BCUT2D eigenvalue weighted by Crippen LogP contribution is 2.18. The van der Waals surface area contributed by atoms with Crippen molar-refractivity contribution in [3.8, 4) is 0 Å². The molecule has 0 aliphatic heterocycles. The van der Waals surface area contributed by atoms with Crippen molar-refractivity contribution in [2.24, 2.45) is 11.7 Å². The van der Waals surface area contributed by atoms with Gasteiger partial charge in [0.15, 0.2) is 0 Å². The van der Waals surface area contributed by atoms with Crippen molar-refractivity contribution < 1.29 is 4.79 Å². The van der Waals surface area contributed by atoms with E-state index < -0.39 is 0 Å². The van der Waals surface area contributed by atoms with Crippen LogP contribution in [0.5, 0.6) is 0 Å². The second kappa shape index (κ2) is 8.29. The molecule has 0 bridgehead atoms. The van der Waals surface area contributed by atoms with Crippen LogP contribution >= 0.6 is 50.9 Å². The van der Waals surface area contributed by atoms with E-state index in [2.05, 4.69) is 43.8 Å². The number of halogens is 3. The number of rotatable bonds is 4. The Kier molecular flexibility index (Phi) is 8.36. The van der Waals surface area contributed by atoms with Gasteiger partial charge in [-0.15, -0.1) is 12.4 Å². The topological polar surface area (TPSA) is 55.1 Å². The first-order valence-corrected chi connectivity index (χ1v) is 6.85. The molecular formula is C11H15BrClIN2O. The molecule has 0 fully saturated rings. The van der Waals surface area contributed by atoms with Crippen molar-refractivity contribution in [3.63, 3.8) is 0 Å². The zero-order valence-corrected chi connectivity index (χ0v) is 13.9. The molecule has 1 aromatic rings. The zero-order chi connectivity index (χ0) is 12.1. The fourth-order valence-corrected chi connectivity index (χ4v) is 2.06. The van der Waals surface area contributed by atoms with Gasteiger partial charge >= 0.3 is 0 Å². The quantitative estimate of drug-likeness (QED) is 0.718. The summed E-state index contributed by atoms with van der Waals surface area (Å²) in [6.07, 6.45) is 0. The lowest BCUT2D eigenvalue weighted by atomic mass is 10.1. The molecule has 0 saturated heterocycles. The molecule has 0 aromatic heterocycles. The lowest BCUT2D eigenvalue weighted by Crippen LogP contribution is -2.31. The van der Waals surface area contributed by atoms with Crippen LogP contribution in [0, 0.1) is 9.49 Å². The first kappa shape index (κ1) is 17.2. The maximum absolute atomic E-state index is 11.9. The van der Waals surface area contributed by atoms with Gasteiger partial charge in [0.1, 0.15) is 0 Å². The van der Waals surface area contributed by atoms with Crippen molar-refractivity contribution in [1.82, 2.24) is 5.32 Å². The molecule has 3 N–H and O–H groups in total. The lowest BCUT2D eigenvalue weighted by molar-refractivity contribution is 0.0947. The number of nitrogens with one attached hydrogen (secondary N) is 1. The lowest BCUT2D eigenvalue weighted by Gasteiger charge is -2.11. The molecule has 1 atom stereocenters. The van der Waals surface area contributed by atoms with Gasteiger partial charge in [-0.25, -0.2) is 0 Å². The van der Waals surface area contributed by atoms with Crippen molar-refractivity contribution >= 4 is 56.8 Å². The van der Waals surface area contributed by atoms with Gasteiger partial charge in [0.25, 0.3) is 5.91 Å². The van der Waals surface area contributed by atoms with E-state index in [1.807, 2.05) is 25.1 Å². The minimum atomic E-state index is -0.0500. The first-order chi connectivity index (χ1) is 7.54. The fraction of sp³-hybridized carbons (Fsp3) is 0.364. The predicted octanol–water partition coefficient (Wildman–Crippen LogP) is 2.80. The van der Waals surface area contributed by atoms with Crippen LogP contribution in [0.2, 0.25) is 0 Å². The Balaban J connectivity index is 0.00000256. The maximum Gasteiger partial charge on any atom is 0.252 e. The molecule has 17 heavy (non-hydrogen) atoms. The monoisotopic (exact) mass is 432 g/mol. The number of hydrogen-bond donors (Lipinski definition) is 2. The number of carbonyl (C=O) groups is 1. The average molecular weight is 434 g/mol. The second-order valence-corrected chi connectivity index (χ2v) is 5.75. The number of hydrogen-bond acceptors (Lipinski definition) is 2. The van der Waals surface area contributed by atoms with Gasteiger partial charge in [-0.05, 0) is 53.3 Å². The molecule has 0 aliphatic carbocycles. The summed E-state index contributed by atoms with van der Waals surface area (Å²) in [7, 11) is 0. The van der Waals surface area contributed by atoms with E-state index in [1.54, 1.807) is 0 Å². The highest BCUT2D eigenvalue weighted by atomic mass is 127. The standard InChI is InChI=1S/C11H14BrIN2O.ClH/c1-7(5-14)6-15-11(16)9-4-8(12)2-3-10(9)13;/h2-4,7H,5-6,14H2,1H3,(H,15,16);1H. The molecule has 0 saturated carbocycles. The third-order valence-corrected chi connectivity index (χ3v) is 3.62. The minimum Gasteiger partial charge on any atom is -0.352 e. The van der Waals surface area contributed by atoms with Gasteiger partial charge in [-0.1, -0.05) is 22.9 Å². The Labute approximate surface area is 130 Å². The Morgan fingerprint density at radius 2 is 2.24 bits per heavy atom. The fourth-order valence-electron chi connectivity index (χ4n) is 1.12. The summed E-state index contributed by atoms with van der Waals surface area (Å²) in [6.45, 7) is 3.19. The second-order valence-electron chi connectivity index (χ2n) is 3.68. The van der Waals surface area contributed by atoms with Gasteiger partial charge in [0.2, 0.25) is 0 Å². The van der Waals surface area contributed by atoms with Crippen molar-refractivity contribution in [2.45, 2.75) is 6.92 Å². The molecule has 0 spiro atoms. The molecule has 1 rings (SSSR count). The van der Waals surface area contributed by atoms with Crippen molar-refractivity contribution in [2.75, 3.05) is 13.1 Å². The van der Waals surface area contributed by atoms with Gasteiger partial charge in [-0.2, -0.15) is 0 Å². The van der Waals surface area contributed by atoms with Crippen LogP contribution in [0.25, 0.3) is 0 Å². The predicted molar refractivity (Wildman–Crippen MR) is 84.7 cm³/mol. The summed E-state index contributed by atoms with van der Waals surface area (Å²) in [4.78, 5) is 11.9. The molecule has 6 heteroatoms. The Morgan fingerprint density at radius 1 is 1.59 bits per heavy atom. The largest absolute Gasteiger partial charge is 0.352 e. The van der Waals surface area contributed by atoms with Gasteiger partial charge in [-0.3, -0.25) is 4.79 Å². The van der Waals surface area contributed by atoms with Crippen molar-refractivity contribution in [1.29, 1.82) is 0 Å². The van der Waals surface area contributed by atoms with Crippen LogP contribution in [0.15, 0.2) is 22.7 Å². The summed E-state index contributed by atoms with van der Waals surface area (Å²) in [5.41, 5.74) is 6.18. The normalized spacial score (nSPS) is 11.5. The van der Waals surface area contributed by atoms with E-state index in [0.29, 0.717) is 24.6 Å². The summed E-state index contributed by atoms with van der Waals surface area (Å²) in [6, 6.07) is 5.65. The van der Waals surface area contributed by atoms with Crippen LogP contribution in [-0.2, 0) is 0 Å². The Morgan fingerprint density at radius 3 is 2.82 bits per heavy atom. The number of nitrogens with two attached hydrogens (primary N) is 1. The molecular weight excluding hydrogens is 418 g/mol. The number of carbonyl (C=O) groups excluding carboxylic acids is 1. The van der Waals surface area contributed by atoms with Crippen LogP contribution in [0.1, 0.15) is 17.3 Å². The first-order valence-electron chi connectivity index (χ1n) is 4.98. The van der Waals surface area contributed by atoms with E-state index in [9.17, 15) is 4.79 Å². The third-order valence-electron chi connectivity index (χ3n) is 2.19. The van der Waals surface area contributed by atoms with E-state index in [0.717, 1.165) is 8.04 Å². The van der Waals surface area contributed by atoms with Gasteiger partial charge < -0.3 is 11.1 Å². The van der Waals surface area contributed by atoms with Crippen LogP contribution in [0.4, 0.5) is 0 Å². The highest BCUT2D eigenvalue weighted by molar-refractivity contribution is 14.1. The van der Waals surface area contributed by atoms with Gasteiger partial charge in [0.05, 0.1) is 5.56 Å². The Hall–Kier alpha value is 0.150. The molecule has 0 heterocycles. The summed E-state index contributed by atoms with van der Waals surface area (Å²) in [5, 5.41) is 2.87. The van der Waals surface area contributed by atoms with E-state index >= 15 is 0 Å². The smallest absolute Gasteiger partial charge is 0.252 e. The number of amides is 1. The third kappa shape index (κ3) is 5.54. The molecule has 0 aliphatic rings. The molecule has 96 valence electrons. The van der Waals surface area contributed by atoms with E-state index in [1.165, 1.54) is 0 Å². The summed E-state index contributed by atoms with van der Waals surface area (Å²) in [5.74, 6) is 0.250. The zero-order valence-electron chi connectivity index (χ0n) is 9.37. The summed E-state index contributed by atoms with van der Waals surface area (Å²) >= 11 is 5.51. The average Bonchev–Trinajstić information content (AvgIpc) is 2.28. The maximum atomic E-state index is 11.9. The molecule has 1 amide bonds. The van der Waals surface area contributed by atoms with Gasteiger partial charge in [0, 0.05) is 14.6 Å². The SMILES string of the molecule is CC(CN)CNC(=O)c1cc(Br)ccc1I.Cl. The molecule has 1 unspecified atom stereocenters. The summed E-state index contributed by atoms with van der Waals surface area (Å²) < 4.78 is 1.85. The molecule has 0 radical (unpaired) electrons. The molecule has 1 aromatic carbocycles. The van der Waals surface area contributed by atoms with Crippen molar-refractivity contribution in [3.05, 3.63) is 31.8 Å².